The predicted molar refractivity (Wildman–Crippen MR) is 46.7 cm³/mol. The third-order valence-corrected chi connectivity index (χ3v) is 1.96. The minimum absolute atomic E-state index is 0.0448. The third-order valence-electron chi connectivity index (χ3n) is 1.96. The summed E-state index contributed by atoms with van der Waals surface area (Å²) in [6.45, 7) is 5.39. The molecule has 0 amide bonds. The largest absolute Gasteiger partial charge is 0.318 e. The molecule has 3 nitrogen and oxygen atoms in total. The Hall–Kier alpha value is -0.410. The summed E-state index contributed by atoms with van der Waals surface area (Å²) in [6, 6.07) is 0.0448. The highest BCUT2D eigenvalue weighted by atomic mass is 16.1. The minimum Gasteiger partial charge on any atom is -0.318 e. The molecule has 0 saturated carbocycles. The maximum atomic E-state index is 10.9. The SMILES string of the molecule is CNCCN(C)C(C)C(C)=O. The highest BCUT2D eigenvalue weighted by Gasteiger charge is 2.11. The number of hydrogen-bond donors (Lipinski definition) is 1. The summed E-state index contributed by atoms with van der Waals surface area (Å²) < 4.78 is 0. The quantitative estimate of drug-likeness (QED) is 0.616. The van der Waals surface area contributed by atoms with Crippen molar-refractivity contribution in [2.45, 2.75) is 19.9 Å². The van der Waals surface area contributed by atoms with Crippen LogP contribution in [0.15, 0.2) is 0 Å². The zero-order valence-electron chi connectivity index (χ0n) is 7.85. The van der Waals surface area contributed by atoms with Gasteiger partial charge in [0.15, 0.2) is 0 Å². The van der Waals surface area contributed by atoms with Crippen molar-refractivity contribution in [3.8, 4) is 0 Å². The van der Waals surface area contributed by atoms with Crippen LogP contribution in [-0.2, 0) is 4.79 Å². The number of carbonyl (C=O) groups is 1. The molecule has 0 heterocycles. The van der Waals surface area contributed by atoms with Crippen LogP contribution in [0.2, 0.25) is 0 Å². The van der Waals surface area contributed by atoms with Crippen LogP contribution < -0.4 is 5.32 Å². The van der Waals surface area contributed by atoms with Gasteiger partial charge in [0.2, 0.25) is 0 Å². The Morgan fingerprint density at radius 2 is 2.18 bits per heavy atom. The first-order valence-corrected chi connectivity index (χ1v) is 3.95. The molecule has 0 bridgehead atoms. The molecular weight excluding hydrogens is 140 g/mol. The summed E-state index contributed by atoms with van der Waals surface area (Å²) in [5, 5.41) is 3.04. The van der Waals surface area contributed by atoms with E-state index in [1.165, 1.54) is 0 Å². The molecule has 1 N–H and O–H groups in total. The van der Waals surface area contributed by atoms with Gasteiger partial charge in [-0.15, -0.1) is 0 Å². The molecule has 11 heavy (non-hydrogen) atoms. The minimum atomic E-state index is 0.0448. The molecule has 1 unspecified atom stereocenters. The normalized spacial score (nSPS) is 13.5. The van der Waals surface area contributed by atoms with Gasteiger partial charge in [0.05, 0.1) is 6.04 Å². The first-order chi connectivity index (χ1) is 5.09. The first-order valence-electron chi connectivity index (χ1n) is 3.95. The molecule has 0 aromatic carbocycles. The van der Waals surface area contributed by atoms with Crippen LogP contribution in [0.25, 0.3) is 0 Å². The van der Waals surface area contributed by atoms with E-state index in [9.17, 15) is 4.79 Å². The molecular formula is C8H18N2O. The van der Waals surface area contributed by atoms with Gasteiger partial charge >= 0.3 is 0 Å². The fourth-order valence-electron chi connectivity index (χ4n) is 0.792. The Kier molecular flexibility index (Phi) is 5.07. The average molecular weight is 158 g/mol. The highest BCUT2D eigenvalue weighted by molar-refractivity contribution is 5.80. The van der Waals surface area contributed by atoms with Crippen LogP contribution in [0.3, 0.4) is 0 Å². The van der Waals surface area contributed by atoms with E-state index in [0.29, 0.717) is 0 Å². The van der Waals surface area contributed by atoms with E-state index in [2.05, 4.69) is 5.32 Å². The first kappa shape index (κ1) is 10.6. The number of nitrogens with zero attached hydrogens (tertiary/aromatic N) is 1. The lowest BCUT2D eigenvalue weighted by atomic mass is 10.2. The van der Waals surface area contributed by atoms with Crippen molar-refractivity contribution in [3.05, 3.63) is 0 Å². The van der Waals surface area contributed by atoms with Gasteiger partial charge < -0.3 is 5.32 Å². The molecule has 66 valence electrons. The second-order valence-electron chi connectivity index (χ2n) is 2.87. The number of rotatable bonds is 5. The summed E-state index contributed by atoms with van der Waals surface area (Å²) in [5.74, 6) is 0.226. The summed E-state index contributed by atoms with van der Waals surface area (Å²) >= 11 is 0. The van der Waals surface area contributed by atoms with Crippen molar-refractivity contribution in [1.29, 1.82) is 0 Å². The lowest BCUT2D eigenvalue weighted by Crippen LogP contribution is -2.38. The van der Waals surface area contributed by atoms with E-state index < -0.39 is 0 Å². The molecule has 0 aliphatic carbocycles. The molecule has 0 spiro atoms. The van der Waals surface area contributed by atoms with Crippen molar-refractivity contribution in [1.82, 2.24) is 10.2 Å². The Morgan fingerprint density at radius 1 is 1.64 bits per heavy atom. The molecule has 0 aromatic rings. The summed E-state index contributed by atoms with van der Waals surface area (Å²) in [7, 11) is 3.87. The third kappa shape index (κ3) is 4.11. The van der Waals surface area contributed by atoms with Gasteiger partial charge in [-0.2, -0.15) is 0 Å². The van der Waals surface area contributed by atoms with Crippen LogP contribution in [0, 0.1) is 0 Å². The number of ketones is 1. The van der Waals surface area contributed by atoms with E-state index in [0.717, 1.165) is 13.1 Å². The van der Waals surface area contributed by atoms with Gasteiger partial charge in [-0.1, -0.05) is 0 Å². The summed E-state index contributed by atoms with van der Waals surface area (Å²) in [6.07, 6.45) is 0. The van der Waals surface area contributed by atoms with Crippen LogP contribution in [0.4, 0.5) is 0 Å². The van der Waals surface area contributed by atoms with E-state index >= 15 is 0 Å². The second kappa shape index (κ2) is 5.27. The van der Waals surface area contributed by atoms with Crippen molar-refractivity contribution in [3.63, 3.8) is 0 Å². The number of nitrogens with one attached hydrogen (secondary N) is 1. The molecule has 0 saturated heterocycles. The molecule has 1 atom stereocenters. The Morgan fingerprint density at radius 3 is 2.55 bits per heavy atom. The Labute approximate surface area is 68.8 Å². The van der Waals surface area contributed by atoms with Gasteiger partial charge in [0, 0.05) is 13.1 Å². The van der Waals surface area contributed by atoms with Crippen LogP contribution in [0.5, 0.6) is 0 Å². The van der Waals surface area contributed by atoms with E-state index in [1.54, 1.807) is 6.92 Å². The molecule has 0 aliphatic rings. The van der Waals surface area contributed by atoms with Crippen molar-refractivity contribution >= 4 is 5.78 Å². The highest BCUT2D eigenvalue weighted by Crippen LogP contribution is 1.94. The van der Waals surface area contributed by atoms with Crippen molar-refractivity contribution in [2.75, 3.05) is 27.2 Å². The second-order valence-corrected chi connectivity index (χ2v) is 2.87. The number of hydrogen-bond acceptors (Lipinski definition) is 3. The fourth-order valence-corrected chi connectivity index (χ4v) is 0.792. The lowest BCUT2D eigenvalue weighted by molar-refractivity contribution is -0.121. The van der Waals surface area contributed by atoms with Gasteiger partial charge in [-0.05, 0) is 27.9 Å². The van der Waals surface area contributed by atoms with Gasteiger partial charge in [-0.3, -0.25) is 9.69 Å². The standard InChI is InChI=1S/C8H18N2O/c1-7(8(2)11)10(4)6-5-9-3/h7,9H,5-6H2,1-4H3. The maximum absolute atomic E-state index is 10.9. The van der Waals surface area contributed by atoms with E-state index in [-0.39, 0.29) is 11.8 Å². The van der Waals surface area contributed by atoms with Gasteiger partial charge in [0.1, 0.15) is 5.78 Å². The molecule has 0 radical (unpaired) electrons. The molecule has 0 fully saturated rings. The maximum Gasteiger partial charge on any atom is 0.146 e. The lowest BCUT2D eigenvalue weighted by Gasteiger charge is -2.21. The van der Waals surface area contributed by atoms with E-state index in [1.807, 2.05) is 25.9 Å². The molecule has 0 aromatic heterocycles. The topological polar surface area (TPSA) is 32.3 Å². The number of likely N-dealkylation sites (N-methyl/N-ethyl adjacent to an activating group) is 2. The smallest absolute Gasteiger partial charge is 0.146 e. The zero-order valence-corrected chi connectivity index (χ0v) is 7.85. The van der Waals surface area contributed by atoms with Crippen LogP contribution >= 0.6 is 0 Å². The number of carbonyl (C=O) groups excluding carboxylic acids is 1. The fraction of sp³-hybridized carbons (Fsp3) is 0.875. The van der Waals surface area contributed by atoms with E-state index in [4.69, 9.17) is 0 Å². The van der Waals surface area contributed by atoms with Crippen LogP contribution in [0.1, 0.15) is 13.8 Å². The summed E-state index contributed by atoms with van der Waals surface area (Å²) in [4.78, 5) is 12.9. The molecule has 3 heteroatoms. The average Bonchev–Trinajstić information content (AvgIpc) is 1.98. The van der Waals surface area contributed by atoms with Crippen LogP contribution in [-0.4, -0.2) is 43.9 Å². The summed E-state index contributed by atoms with van der Waals surface area (Å²) in [5.41, 5.74) is 0. The number of Topliss-reactive ketones (excluding diaryl/α,β-unsaturated/α-hetero) is 1. The Bertz CT molecular complexity index is 125. The monoisotopic (exact) mass is 158 g/mol. The van der Waals surface area contributed by atoms with Crippen molar-refractivity contribution < 1.29 is 4.79 Å². The predicted octanol–water partition coefficient (Wildman–Crippen LogP) is 0.115. The zero-order chi connectivity index (χ0) is 8.85. The molecule has 0 aliphatic heterocycles. The Balaban J connectivity index is 3.63. The van der Waals surface area contributed by atoms with Gasteiger partial charge in [-0.25, -0.2) is 0 Å². The van der Waals surface area contributed by atoms with Gasteiger partial charge in [0.25, 0.3) is 0 Å². The van der Waals surface area contributed by atoms with Crippen molar-refractivity contribution in [2.24, 2.45) is 0 Å². The molecule has 0 rings (SSSR count).